The number of benzene rings is 1. The largest absolute Gasteiger partial charge is 0.300 e. The molecule has 0 amide bonds. The minimum Gasteiger partial charge on any atom is -0.300 e. The summed E-state index contributed by atoms with van der Waals surface area (Å²) in [5.41, 5.74) is 6.71. The molecule has 0 unspecified atom stereocenters. The van der Waals surface area contributed by atoms with Crippen molar-refractivity contribution in [2.75, 3.05) is 19.6 Å². The maximum atomic E-state index is 2.55. The van der Waals surface area contributed by atoms with E-state index in [1.807, 2.05) is 0 Å². The van der Waals surface area contributed by atoms with Crippen molar-refractivity contribution in [2.45, 2.75) is 47.0 Å². The summed E-state index contributed by atoms with van der Waals surface area (Å²) in [5, 5.41) is 0. The third kappa shape index (κ3) is 6.51. The van der Waals surface area contributed by atoms with Crippen LogP contribution in [0, 0.1) is 6.92 Å². The fraction of sp³-hybridized carbons (Fsp3) is 0.417. The summed E-state index contributed by atoms with van der Waals surface area (Å²) < 4.78 is 0. The Hall–Kier alpha value is -1.86. The second kappa shape index (κ2) is 10.2. The molecule has 0 saturated carbocycles. The molecule has 2 rings (SSSR count). The summed E-state index contributed by atoms with van der Waals surface area (Å²) in [4.78, 5) is 2.55. The molecule has 0 atom stereocenters. The molecule has 0 spiro atoms. The van der Waals surface area contributed by atoms with Gasteiger partial charge in [-0.15, -0.1) is 0 Å². The van der Waals surface area contributed by atoms with Gasteiger partial charge in [0.1, 0.15) is 0 Å². The summed E-state index contributed by atoms with van der Waals surface area (Å²) >= 11 is 0. The lowest BCUT2D eigenvalue weighted by Gasteiger charge is -2.14. The summed E-state index contributed by atoms with van der Waals surface area (Å²) in [7, 11) is 0. The molecule has 25 heavy (non-hydrogen) atoms. The Morgan fingerprint density at radius 2 is 1.64 bits per heavy atom. The second-order valence-corrected chi connectivity index (χ2v) is 7.09. The third-order valence-corrected chi connectivity index (χ3v) is 4.94. The van der Waals surface area contributed by atoms with Crippen molar-refractivity contribution in [3.63, 3.8) is 0 Å². The van der Waals surface area contributed by atoms with E-state index < -0.39 is 0 Å². The highest BCUT2D eigenvalue weighted by molar-refractivity contribution is 5.79. The molecule has 0 aromatic heterocycles. The van der Waals surface area contributed by atoms with E-state index in [1.54, 1.807) is 0 Å². The lowest BCUT2D eigenvalue weighted by atomic mass is 9.97. The first-order chi connectivity index (χ1) is 12.1. The SMILES string of the molecule is CC/C(C)=C/C=C\C=C(C)\C(=C\CN1CCCC1)c1ccc(C)cc1. The molecular weight excluding hydrogens is 302 g/mol. The second-order valence-electron chi connectivity index (χ2n) is 7.09. The molecule has 134 valence electrons. The number of likely N-dealkylation sites (tertiary alicyclic amines) is 1. The van der Waals surface area contributed by atoms with Gasteiger partial charge in [-0.3, -0.25) is 4.90 Å². The zero-order valence-electron chi connectivity index (χ0n) is 16.4. The topological polar surface area (TPSA) is 3.24 Å². The van der Waals surface area contributed by atoms with Gasteiger partial charge in [0.2, 0.25) is 0 Å². The summed E-state index contributed by atoms with van der Waals surface area (Å²) in [6.07, 6.45) is 14.9. The van der Waals surface area contributed by atoms with E-state index >= 15 is 0 Å². The first-order valence-corrected chi connectivity index (χ1v) is 9.60. The molecule has 0 N–H and O–H groups in total. The van der Waals surface area contributed by atoms with Crippen molar-refractivity contribution >= 4 is 5.57 Å². The van der Waals surface area contributed by atoms with Crippen LogP contribution in [0.15, 0.2) is 65.8 Å². The number of hydrogen-bond donors (Lipinski definition) is 0. The maximum absolute atomic E-state index is 2.55. The van der Waals surface area contributed by atoms with E-state index in [1.165, 1.54) is 53.8 Å². The smallest absolute Gasteiger partial charge is 0.0172 e. The molecule has 0 bridgehead atoms. The highest BCUT2D eigenvalue weighted by Gasteiger charge is 2.11. The summed E-state index contributed by atoms with van der Waals surface area (Å²) in [6, 6.07) is 8.89. The average molecular weight is 336 g/mol. The van der Waals surface area contributed by atoms with Crippen LogP contribution >= 0.6 is 0 Å². The monoisotopic (exact) mass is 335 g/mol. The number of hydrogen-bond acceptors (Lipinski definition) is 1. The Labute approximate surface area is 154 Å². The lowest BCUT2D eigenvalue weighted by Crippen LogP contribution is -2.19. The van der Waals surface area contributed by atoms with Crippen LogP contribution in [0.4, 0.5) is 0 Å². The Morgan fingerprint density at radius 1 is 1.00 bits per heavy atom. The van der Waals surface area contributed by atoms with E-state index in [0.29, 0.717) is 0 Å². The van der Waals surface area contributed by atoms with Crippen LogP contribution in [-0.2, 0) is 0 Å². The average Bonchev–Trinajstić information content (AvgIpc) is 3.13. The predicted octanol–water partition coefficient (Wildman–Crippen LogP) is 6.33. The molecule has 1 heteroatoms. The fourth-order valence-electron chi connectivity index (χ4n) is 3.05. The Balaban J connectivity index is 2.20. The lowest BCUT2D eigenvalue weighted by molar-refractivity contribution is 0.377. The van der Waals surface area contributed by atoms with Gasteiger partial charge in [0.25, 0.3) is 0 Å². The summed E-state index contributed by atoms with van der Waals surface area (Å²) in [6.45, 7) is 12.3. The molecule has 0 radical (unpaired) electrons. The summed E-state index contributed by atoms with van der Waals surface area (Å²) in [5.74, 6) is 0. The molecule has 1 aliphatic rings. The molecule has 1 fully saturated rings. The molecule has 0 aliphatic carbocycles. The molecule has 1 aromatic carbocycles. The first kappa shape index (κ1) is 19.5. The quantitative estimate of drug-likeness (QED) is 0.526. The van der Waals surface area contributed by atoms with Crippen LogP contribution < -0.4 is 0 Å². The van der Waals surface area contributed by atoms with Gasteiger partial charge in [-0.2, -0.15) is 0 Å². The molecule has 1 heterocycles. The van der Waals surface area contributed by atoms with E-state index in [9.17, 15) is 0 Å². The van der Waals surface area contributed by atoms with E-state index in [-0.39, 0.29) is 0 Å². The van der Waals surface area contributed by atoms with Crippen molar-refractivity contribution in [3.8, 4) is 0 Å². The van der Waals surface area contributed by atoms with Gasteiger partial charge in [0, 0.05) is 6.54 Å². The van der Waals surface area contributed by atoms with Crippen LogP contribution in [0.3, 0.4) is 0 Å². The molecule has 1 nitrogen and oxygen atoms in total. The Morgan fingerprint density at radius 3 is 2.28 bits per heavy atom. The van der Waals surface area contributed by atoms with Gasteiger partial charge in [-0.05, 0) is 69.8 Å². The molecule has 1 aliphatic heterocycles. The van der Waals surface area contributed by atoms with Crippen molar-refractivity contribution in [3.05, 3.63) is 76.9 Å². The fourth-order valence-corrected chi connectivity index (χ4v) is 3.05. The normalized spacial score (nSPS) is 17.7. The highest BCUT2D eigenvalue weighted by Crippen LogP contribution is 2.24. The standard InChI is InChI=1S/C24H33N/c1-5-20(2)10-6-7-11-22(4)24(16-19-25-17-8-9-18-25)23-14-12-21(3)13-15-23/h6-7,10-16H,5,8-9,17-19H2,1-4H3/b7-6-,20-10+,22-11+,24-16-. The first-order valence-electron chi connectivity index (χ1n) is 9.60. The number of nitrogens with zero attached hydrogens (tertiary/aromatic N) is 1. The van der Waals surface area contributed by atoms with Crippen molar-refractivity contribution in [1.29, 1.82) is 0 Å². The van der Waals surface area contributed by atoms with Crippen LogP contribution in [0.5, 0.6) is 0 Å². The minimum atomic E-state index is 1.05. The van der Waals surface area contributed by atoms with Crippen LogP contribution in [0.2, 0.25) is 0 Å². The highest BCUT2D eigenvalue weighted by atomic mass is 15.1. The van der Waals surface area contributed by atoms with E-state index in [0.717, 1.165) is 13.0 Å². The van der Waals surface area contributed by atoms with Crippen molar-refractivity contribution < 1.29 is 0 Å². The Kier molecular flexibility index (Phi) is 7.94. The number of allylic oxidation sites excluding steroid dienone is 7. The van der Waals surface area contributed by atoms with Gasteiger partial charge >= 0.3 is 0 Å². The van der Waals surface area contributed by atoms with Crippen LogP contribution in [0.1, 0.15) is 51.2 Å². The van der Waals surface area contributed by atoms with Gasteiger partial charge in [-0.1, -0.05) is 72.7 Å². The van der Waals surface area contributed by atoms with Gasteiger partial charge in [-0.25, -0.2) is 0 Å². The van der Waals surface area contributed by atoms with Crippen molar-refractivity contribution in [2.24, 2.45) is 0 Å². The third-order valence-electron chi connectivity index (χ3n) is 4.94. The zero-order chi connectivity index (χ0) is 18.1. The van der Waals surface area contributed by atoms with Gasteiger partial charge in [0.05, 0.1) is 0 Å². The maximum Gasteiger partial charge on any atom is 0.0172 e. The van der Waals surface area contributed by atoms with E-state index in [2.05, 4.69) is 87.2 Å². The number of aryl methyl sites for hydroxylation is 1. The van der Waals surface area contributed by atoms with Crippen LogP contribution in [-0.4, -0.2) is 24.5 Å². The van der Waals surface area contributed by atoms with Crippen molar-refractivity contribution in [1.82, 2.24) is 4.90 Å². The Bertz CT molecular complexity index is 650. The number of rotatable bonds is 7. The van der Waals surface area contributed by atoms with Crippen LogP contribution in [0.25, 0.3) is 5.57 Å². The van der Waals surface area contributed by atoms with Gasteiger partial charge < -0.3 is 0 Å². The molecule has 1 saturated heterocycles. The van der Waals surface area contributed by atoms with E-state index in [4.69, 9.17) is 0 Å². The molecule has 1 aromatic rings. The molecular formula is C24H33N. The predicted molar refractivity (Wildman–Crippen MR) is 112 cm³/mol. The van der Waals surface area contributed by atoms with Gasteiger partial charge in [0.15, 0.2) is 0 Å². The minimum absolute atomic E-state index is 1.05. The zero-order valence-corrected chi connectivity index (χ0v) is 16.4.